The van der Waals surface area contributed by atoms with Crippen LogP contribution in [0, 0.1) is 0 Å². The van der Waals surface area contributed by atoms with Crippen LogP contribution in [0.1, 0.15) is 48.0 Å². The first-order valence-electron chi connectivity index (χ1n) is 9.23. The van der Waals surface area contributed by atoms with Crippen LogP contribution in [0.15, 0.2) is 53.5 Å². The second kappa shape index (κ2) is 6.34. The Bertz CT molecular complexity index is 1080. The van der Waals surface area contributed by atoms with E-state index in [9.17, 15) is 9.59 Å². The predicted octanol–water partition coefficient (Wildman–Crippen LogP) is 3.19. The lowest BCUT2D eigenvalue weighted by atomic mass is 9.86. The highest BCUT2D eigenvalue weighted by Gasteiger charge is 2.26. The van der Waals surface area contributed by atoms with Gasteiger partial charge in [0.2, 0.25) is 0 Å². The van der Waals surface area contributed by atoms with Crippen molar-refractivity contribution in [1.82, 2.24) is 14.3 Å². The summed E-state index contributed by atoms with van der Waals surface area (Å²) in [7, 11) is 0. The van der Waals surface area contributed by atoms with Crippen LogP contribution in [0.5, 0.6) is 0 Å². The molecule has 5 heteroatoms. The van der Waals surface area contributed by atoms with Gasteiger partial charge in [0.05, 0.1) is 17.8 Å². The molecule has 3 aromatic rings. The first-order valence-corrected chi connectivity index (χ1v) is 9.23. The maximum absolute atomic E-state index is 12.9. The van der Waals surface area contributed by atoms with Crippen LogP contribution < -0.4 is 5.56 Å². The Balaban J connectivity index is 1.63. The number of benzene rings is 1. The normalized spacial score (nSPS) is 14.3. The smallest absolute Gasteiger partial charge is 0.263 e. The van der Waals surface area contributed by atoms with Gasteiger partial charge in [-0.3, -0.25) is 14.0 Å². The van der Waals surface area contributed by atoms with Crippen molar-refractivity contribution in [3.8, 4) is 0 Å². The van der Waals surface area contributed by atoms with Gasteiger partial charge in [-0.2, -0.15) is 0 Å². The minimum atomic E-state index is -0.0869. The van der Waals surface area contributed by atoms with E-state index in [1.165, 1.54) is 5.56 Å². The predicted molar refractivity (Wildman–Crippen MR) is 105 cm³/mol. The topological polar surface area (TPSA) is 54.7 Å². The molecule has 0 fully saturated rings. The van der Waals surface area contributed by atoms with Crippen LogP contribution in [0.3, 0.4) is 0 Å². The number of hydrogen-bond donors (Lipinski definition) is 0. The Morgan fingerprint density at radius 3 is 2.52 bits per heavy atom. The average molecular weight is 361 g/mol. The first kappa shape index (κ1) is 17.5. The van der Waals surface area contributed by atoms with Crippen molar-refractivity contribution in [2.24, 2.45) is 0 Å². The summed E-state index contributed by atoms with van der Waals surface area (Å²) in [6, 6.07) is 13.3. The van der Waals surface area contributed by atoms with Gasteiger partial charge < -0.3 is 4.90 Å². The van der Waals surface area contributed by atoms with E-state index in [2.05, 4.69) is 25.8 Å². The largest absolute Gasteiger partial charge is 0.334 e. The van der Waals surface area contributed by atoms with Gasteiger partial charge in [0.15, 0.2) is 0 Å². The summed E-state index contributed by atoms with van der Waals surface area (Å²) in [6.45, 7) is 7.32. The molecule has 1 aliphatic heterocycles. The minimum absolute atomic E-state index is 0.0429. The fraction of sp³-hybridized carbons (Fsp3) is 0.318. The van der Waals surface area contributed by atoms with E-state index in [0.717, 1.165) is 5.69 Å². The fourth-order valence-corrected chi connectivity index (χ4v) is 3.52. The lowest BCUT2D eigenvalue weighted by Crippen LogP contribution is -2.40. The number of nitrogens with zero attached hydrogens (tertiary/aromatic N) is 3. The van der Waals surface area contributed by atoms with Gasteiger partial charge >= 0.3 is 0 Å². The van der Waals surface area contributed by atoms with Crippen molar-refractivity contribution in [2.75, 3.05) is 6.54 Å². The Hall–Kier alpha value is -2.95. The van der Waals surface area contributed by atoms with Gasteiger partial charge in [0, 0.05) is 24.7 Å². The zero-order valence-electron chi connectivity index (χ0n) is 15.9. The summed E-state index contributed by atoms with van der Waals surface area (Å²) in [5.41, 5.74) is 3.88. The van der Waals surface area contributed by atoms with Crippen LogP contribution in [-0.4, -0.2) is 26.7 Å². The Morgan fingerprint density at radius 2 is 1.81 bits per heavy atom. The molecule has 0 N–H and O–H groups in total. The van der Waals surface area contributed by atoms with E-state index >= 15 is 0 Å². The molecule has 2 aromatic heterocycles. The standard InChI is InChI=1S/C22H23N3O2/c1-22(2,3)16-9-7-15(8-10-16)20(26)24-13-11-18-17(14-24)21(27)25-12-5-4-6-19(25)23-18/h4-10,12H,11,13-14H2,1-3H3. The number of rotatable bonds is 1. The fourth-order valence-electron chi connectivity index (χ4n) is 3.52. The number of pyridine rings is 1. The zero-order valence-corrected chi connectivity index (χ0v) is 15.9. The van der Waals surface area contributed by atoms with Crippen LogP contribution in [0.4, 0.5) is 0 Å². The number of carbonyl (C=O) groups excluding carboxylic acids is 1. The maximum Gasteiger partial charge on any atom is 0.263 e. The quantitative estimate of drug-likeness (QED) is 0.669. The Kier molecular flexibility index (Phi) is 4.10. The molecule has 27 heavy (non-hydrogen) atoms. The molecule has 0 bridgehead atoms. The summed E-state index contributed by atoms with van der Waals surface area (Å²) in [5.74, 6) is -0.0429. The van der Waals surface area contributed by atoms with Crippen LogP contribution >= 0.6 is 0 Å². The van der Waals surface area contributed by atoms with Crippen LogP contribution in [0.25, 0.3) is 5.65 Å². The van der Waals surface area contributed by atoms with Crippen molar-refractivity contribution in [2.45, 2.75) is 39.2 Å². The molecule has 0 aliphatic carbocycles. The van der Waals surface area contributed by atoms with E-state index in [1.54, 1.807) is 15.5 Å². The third-order valence-corrected chi connectivity index (χ3v) is 5.17. The third kappa shape index (κ3) is 3.14. The summed E-state index contributed by atoms with van der Waals surface area (Å²) in [6.07, 6.45) is 2.32. The highest BCUT2D eigenvalue weighted by atomic mass is 16.2. The molecule has 0 atom stereocenters. The number of hydrogen-bond acceptors (Lipinski definition) is 3. The summed E-state index contributed by atoms with van der Waals surface area (Å²) in [5, 5.41) is 0. The molecule has 0 unspecified atom stereocenters. The molecule has 1 aromatic carbocycles. The zero-order chi connectivity index (χ0) is 19.2. The van der Waals surface area contributed by atoms with Gasteiger partial charge in [-0.1, -0.05) is 39.0 Å². The van der Waals surface area contributed by atoms with E-state index < -0.39 is 0 Å². The monoisotopic (exact) mass is 361 g/mol. The van der Waals surface area contributed by atoms with Crippen molar-refractivity contribution >= 4 is 11.6 Å². The molecule has 5 nitrogen and oxygen atoms in total. The molecule has 4 rings (SSSR count). The van der Waals surface area contributed by atoms with E-state index in [1.807, 2.05) is 42.5 Å². The van der Waals surface area contributed by atoms with E-state index in [4.69, 9.17) is 0 Å². The number of aromatic nitrogens is 2. The van der Waals surface area contributed by atoms with Gasteiger partial charge in [0.1, 0.15) is 5.65 Å². The van der Waals surface area contributed by atoms with Gasteiger partial charge in [-0.15, -0.1) is 0 Å². The van der Waals surface area contributed by atoms with E-state index in [-0.39, 0.29) is 16.9 Å². The minimum Gasteiger partial charge on any atom is -0.334 e. The molecule has 1 amide bonds. The van der Waals surface area contributed by atoms with Gasteiger partial charge in [-0.25, -0.2) is 4.98 Å². The van der Waals surface area contributed by atoms with Crippen molar-refractivity contribution in [1.29, 1.82) is 0 Å². The molecule has 3 heterocycles. The first-order chi connectivity index (χ1) is 12.8. The Labute approximate surface area is 158 Å². The second-order valence-corrected chi connectivity index (χ2v) is 8.08. The SMILES string of the molecule is CC(C)(C)c1ccc(C(=O)N2CCc3nc4ccccn4c(=O)c3C2)cc1. The van der Waals surface area contributed by atoms with Crippen LogP contribution in [0.2, 0.25) is 0 Å². The maximum atomic E-state index is 12.9. The second-order valence-electron chi connectivity index (χ2n) is 8.08. The number of amides is 1. The highest BCUT2D eigenvalue weighted by Crippen LogP contribution is 2.23. The number of fused-ring (bicyclic) bond motifs is 2. The lowest BCUT2D eigenvalue weighted by Gasteiger charge is -2.28. The summed E-state index contributed by atoms with van der Waals surface area (Å²) < 4.78 is 1.55. The molecule has 1 aliphatic rings. The van der Waals surface area contributed by atoms with E-state index in [0.29, 0.717) is 36.3 Å². The summed E-state index contributed by atoms with van der Waals surface area (Å²) in [4.78, 5) is 32.1. The van der Waals surface area contributed by atoms with Crippen molar-refractivity contribution in [3.63, 3.8) is 0 Å². The summed E-state index contributed by atoms with van der Waals surface area (Å²) >= 11 is 0. The molecule has 0 saturated carbocycles. The number of carbonyl (C=O) groups is 1. The van der Waals surface area contributed by atoms with Crippen molar-refractivity contribution < 1.29 is 4.79 Å². The molecule has 0 spiro atoms. The van der Waals surface area contributed by atoms with Gasteiger partial charge in [-0.05, 0) is 35.2 Å². The van der Waals surface area contributed by atoms with Gasteiger partial charge in [0.25, 0.3) is 11.5 Å². The molecular formula is C22H23N3O2. The lowest BCUT2D eigenvalue weighted by molar-refractivity contribution is 0.0732. The van der Waals surface area contributed by atoms with Crippen molar-refractivity contribution in [3.05, 3.63) is 81.4 Å². The molecule has 0 saturated heterocycles. The molecule has 138 valence electrons. The Morgan fingerprint density at radius 1 is 1.07 bits per heavy atom. The third-order valence-electron chi connectivity index (χ3n) is 5.17. The highest BCUT2D eigenvalue weighted by molar-refractivity contribution is 5.94. The average Bonchev–Trinajstić information content (AvgIpc) is 2.67. The van der Waals surface area contributed by atoms with Crippen LogP contribution in [-0.2, 0) is 18.4 Å². The molecule has 0 radical (unpaired) electrons. The molecular weight excluding hydrogens is 338 g/mol.